The maximum Gasteiger partial charge on any atom is 0.274 e. The van der Waals surface area contributed by atoms with Gasteiger partial charge in [0.05, 0.1) is 25.3 Å². The van der Waals surface area contributed by atoms with E-state index < -0.39 is 0 Å². The lowest BCUT2D eigenvalue weighted by Gasteiger charge is -2.36. The number of amides is 1. The van der Waals surface area contributed by atoms with E-state index in [0.717, 1.165) is 5.56 Å². The average molecular weight is 365 g/mol. The monoisotopic (exact) mass is 365 g/mol. The van der Waals surface area contributed by atoms with Crippen LogP contribution in [0, 0.1) is 0 Å². The first-order valence-electron chi connectivity index (χ1n) is 8.79. The molecule has 1 aliphatic heterocycles. The Morgan fingerprint density at radius 2 is 2.07 bits per heavy atom. The third kappa shape index (κ3) is 4.17. The van der Waals surface area contributed by atoms with Gasteiger partial charge in [-0.05, 0) is 5.56 Å². The van der Waals surface area contributed by atoms with Crippen LogP contribution >= 0.6 is 0 Å². The molecule has 1 fully saturated rings. The van der Waals surface area contributed by atoms with Crippen molar-refractivity contribution in [2.45, 2.75) is 18.9 Å². The van der Waals surface area contributed by atoms with Gasteiger partial charge in [-0.2, -0.15) is 4.98 Å². The molecule has 1 aromatic carbocycles. The molecule has 0 atom stereocenters. The molecule has 0 saturated carbocycles. The maximum atomic E-state index is 12.2. The van der Waals surface area contributed by atoms with E-state index >= 15 is 0 Å². The second-order valence-electron chi connectivity index (χ2n) is 6.33. The Morgan fingerprint density at radius 3 is 2.85 bits per heavy atom. The Balaban J connectivity index is 1.22. The standard InChI is InChI=1S/C19H19N5O3/c25-19(16-10-20-7-8-21-16)24-11-15(12-24)18-22-17(23-27-18)6-9-26-13-14-4-2-1-3-5-14/h1-5,7-8,10,15H,6,9,11-13H2. The van der Waals surface area contributed by atoms with Crippen molar-refractivity contribution in [2.24, 2.45) is 0 Å². The number of hydrogen-bond donors (Lipinski definition) is 0. The lowest BCUT2D eigenvalue weighted by Crippen LogP contribution is -2.48. The number of aromatic nitrogens is 4. The zero-order chi connectivity index (χ0) is 18.5. The second-order valence-corrected chi connectivity index (χ2v) is 6.33. The molecule has 0 aliphatic carbocycles. The van der Waals surface area contributed by atoms with Crippen molar-refractivity contribution in [1.29, 1.82) is 0 Å². The molecule has 8 heteroatoms. The highest BCUT2D eigenvalue weighted by atomic mass is 16.5. The highest BCUT2D eigenvalue weighted by molar-refractivity contribution is 5.92. The first kappa shape index (κ1) is 17.3. The van der Waals surface area contributed by atoms with Crippen molar-refractivity contribution in [3.63, 3.8) is 0 Å². The van der Waals surface area contributed by atoms with Gasteiger partial charge in [-0.1, -0.05) is 35.5 Å². The van der Waals surface area contributed by atoms with Crippen LogP contribution in [0.3, 0.4) is 0 Å². The third-order valence-electron chi connectivity index (χ3n) is 4.37. The fraction of sp³-hybridized carbons (Fsp3) is 0.316. The fourth-order valence-corrected chi connectivity index (χ4v) is 2.83. The summed E-state index contributed by atoms with van der Waals surface area (Å²) in [4.78, 5) is 26.3. The van der Waals surface area contributed by atoms with Crippen molar-refractivity contribution in [1.82, 2.24) is 25.0 Å². The summed E-state index contributed by atoms with van der Waals surface area (Å²) in [7, 11) is 0. The Bertz CT molecular complexity index is 879. The molecule has 0 N–H and O–H groups in total. The molecule has 1 saturated heterocycles. The van der Waals surface area contributed by atoms with E-state index in [1.807, 2.05) is 30.3 Å². The first-order valence-corrected chi connectivity index (χ1v) is 8.79. The van der Waals surface area contributed by atoms with Crippen LogP contribution in [0.5, 0.6) is 0 Å². The minimum Gasteiger partial charge on any atom is -0.376 e. The topological polar surface area (TPSA) is 94.2 Å². The molecule has 1 amide bonds. The summed E-state index contributed by atoms with van der Waals surface area (Å²) >= 11 is 0. The average Bonchev–Trinajstić information content (AvgIpc) is 3.14. The minimum atomic E-state index is -0.131. The van der Waals surface area contributed by atoms with Gasteiger partial charge < -0.3 is 14.2 Å². The summed E-state index contributed by atoms with van der Waals surface area (Å²) < 4.78 is 11.0. The molecule has 0 spiro atoms. The first-order chi connectivity index (χ1) is 13.3. The quantitative estimate of drug-likeness (QED) is 0.590. The van der Waals surface area contributed by atoms with Gasteiger partial charge >= 0.3 is 0 Å². The maximum absolute atomic E-state index is 12.2. The molecule has 138 valence electrons. The van der Waals surface area contributed by atoms with Crippen molar-refractivity contribution in [2.75, 3.05) is 19.7 Å². The lowest BCUT2D eigenvalue weighted by atomic mass is 10.00. The predicted molar refractivity (Wildman–Crippen MR) is 94.8 cm³/mol. The third-order valence-corrected chi connectivity index (χ3v) is 4.37. The number of hydrogen-bond acceptors (Lipinski definition) is 7. The second kappa shape index (κ2) is 8.05. The highest BCUT2D eigenvalue weighted by Crippen LogP contribution is 2.26. The zero-order valence-corrected chi connectivity index (χ0v) is 14.7. The molecular weight excluding hydrogens is 346 g/mol. The number of rotatable bonds is 7. The van der Waals surface area contributed by atoms with Crippen LogP contribution in [0.2, 0.25) is 0 Å². The summed E-state index contributed by atoms with van der Waals surface area (Å²) in [6.07, 6.45) is 5.11. The molecule has 0 bridgehead atoms. The van der Waals surface area contributed by atoms with Crippen LogP contribution in [0.15, 0.2) is 53.4 Å². The van der Waals surface area contributed by atoms with Crippen LogP contribution in [0.25, 0.3) is 0 Å². The van der Waals surface area contributed by atoms with Gasteiger partial charge in [0.25, 0.3) is 5.91 Å². The largest absolute Gasteiger partial charge is 0.376 e. The Kier molecular flexibility index (Phi) is 5.15. The molecule has 3 heterocycles. The van der Waals surface area contributed by atoms with Crippen LogP contribution in [0.1, 0.15) is 33.7 Å². The molecule has 0 unspecified atom stereocenters. The molecule has 27 heavy (non-hydrogen) atoms. The smallest absolute Gasteiger partial charge is 0.274 e. The van der Waals surface area contributed by atoms with Gasteiger partial charge in [0.15, 0.2) is 5.82 Å². The number of benzene rings is 1. The van der Waals surface area contributed by atoms with Gasteiger partial charge in [-0.25, -0.2) is 4.98 Å². The molecule has 8 nitrogen and oxygen atoms in total. The van der Waals surface area contributed by atoms with Crippen LogP contribution < -0.4 is 0 Å². The lowest BCUT2D eigenvalue weighted by molar-refractivity contribution is 0.0562. The number of carbonyl (C=O) groups is 1. The molecular formula is C19H19N5O3. The number of likely N-dealkylation sites (tertiary alicyclic amines) is 1. The highest BCUT2D eigenvalue weighted by Gasteiger charge is 2.36. The summed E-state index contributed by atoms with van der Waals surface area (Å²) in [6.45, 7) is 2.17. The van der Waals surface area contributed by atoms with E-state index in [9.17, 15) is 4.79 Å². The fourth-order valence-electron chi connectivity index (χ4n) is 2.83. The molecule has 1 aliphatic rings. The Hall–Kier alpha value is -3.13. The SMILES string of the molecule is O=C(c1cnccn1)N1CC(c2nc(CCOCc3ccccc3)no2)C1. The van der Waals surface area contributed by atoms with Gasteiger partial charge in [0.2, 0.25) is 5.89 Å². The van der Waals surface area contributed by atoms with E-state index in [4.69, 9.17) is 9.26 Å². The minimum absolute atomic E-state index is 0.0668. The normalized spacial score (nSPS) is 14.1. The summed E-state index contributed by atoms with van der Waals surface area (Å²) in [5.41, 5.74) is 1.48. The van der Waals surface area contributed by atoms with Crippen LogP contribution in [-0.4, -0.2) is 50.6 Å². The van der Waals surface area contributed by atoms with Gasteiger partial charge in [0, 0.05) is 31.9 Å². The predicted octanol–water partition coefficient (Wildman–Crippen LogP) is 1.86. The molecule has 0 radical (unpaired) electrons. The van der Waals surface area contributed by atoms with Crippen molar-refractivity contribution >= 4 is 5.91 Å². The van der Waals surface area contributed by atoms with Crippen LogP contribution in [0.4, 0.5) is 0 Å². The Morgan fingerprint density at radius 1 is 1.22 bits per heavy atom. The molecule has 4 rings (SSSR count). The summed E-state index contributed by atoms with van der Waals surface area (Å²) in [5, 5.41) is 4.00. The van der Waals surface area contributed by atoms with Crippen molar-refractivity contribution < 1.29 is 14.1 Å². The van der Waals surface area contributed by atoms with E-state index in [-0.39, 0.29) is 11.8 Å². The van der Waals surface area contributed by atoms with Crippen molar-refractivity contribution in [3.05, 3.63) is 71.9 Å². The van der Waals surface area contributed by atoms with E-state index in [1.54, 1.807) is 11.1 Å². The van der Waals surface area contributed by atoms with Crippen molar-refractivity contribution in [3.8, 4) is 0 Å². The summed E-state index contributed by atoms with van der Waals surface area (Å²) in [6, 6.07) is 10.0. The number of carbonyl (C=O) groups excluding carboxylic acids is 1. The van der Waals surface area contributed by atoms with Gasteiger partial charge in [-0.15, -0.1) is 0 Å². The van der Waals surface area contributed by atoms with E-state index in [2.05, 4.69) is 20.1 Å². The molecule has 2 aromatic heterocycles. The van der Waals surface area contributed by atoms with E-state index in [0.29, 0.717) is 50.1 Å². The summed E-state index contributed by atoms with van der Waals surface area (Å²) in [5.74, 6) is 1.12. The zero-order valence-electron chi connectivity index (χ0n) is 14.7. The molecule has 3 aromatic rings. The van der Waals surface area contributed by atoms with E-state index in [1.165, 1.54) is 12.4 Å². The number of ether oxygens (including phenoxy) is 1. The van der Waals surface area contributed by atoms with Gasteiger partial charge in [-0.3, -0.25) is 9.78 Å². The van der Waals surface area contributed by atoms with Crippen LogP contribution in [-0.2, 0) is 17.8 Å². The van der Waals surface area contributed by atoms with Gasteiger partial charge in [0.1, 0.15) is 5.69 Å². The number of nitrogens with zero attached hydrogens (tertiary/aromatic N) is 5. The Labute approximate surface area is 156 Å².